The topological polar surface area (TPSA) is 89.3 Å². The number of fused-ring (bicyclic) bond motifs is 1. The molecule has 0 saturated heterocycles. The van der Waals surface area contributed by atoms with Gasteiger partial charge in [0.15, 0.2) is 0 Å². The number of anilines is 1. The molecule has 4 aromatic rings. The van der Waals surface area contributed by atoms with Gasteiger partial charge >= 0.3 is 0 Å². The Labute approximate surface area is 188 Å². The third-order valence-corrected chi connectivity index (χ3v) is 6.11. The predicted molar refractivity (Wildman–Crippen MR) is 122 cm³/mol. The normalized spacial score (nSPS) is 11.6. The van der Waals surface area contributed by atoms with E-state index < -0.39 is 15.7 Å². The van der Waals surface area contributed by atoms with Crippen molar-refractivity contribution in [1.29, 1.82) is 0 Å². The summed E-state index contributed by atoms with van der Waals surface area (Å²) >= 11 is 12.5. The number of pyridine rings is 1. The smallest absolute Gasteiger partial charge is 0.244 e. The lowest BCUT2D eigenvalue weighted by Crippen LogP contribution is -2.09. The Kier molecular flexibility index (Phi) is 5.51. The molecule has 0 unspecified atom stereocenters. The molecular weight excluding hydrogens is 459 g/mol. The van der Waals surface area contributed by atoms with E-state index in [0.29, 0.717) is 32.3 Å². The number of carbonyl (C=O) groups excluding carboxylic acids is 1. The Morgan fingerprint density at radius 3 is 2.32 bits per heavy atom. The molecule has 2 aromatic carbocycles. The Hall–Kier alpha value is -2.87. The van der Waals surface area contributed by atoms with E-state index in [1.54, 1.807) is 30.3 Å². The Morgan fingerprint density at radius 1 is 1.03 bits per heavy atom. The lowest BCUT2D eigenvalue weighted by molar-refractivity contribution is -0.114. The van der Waals surface area contributed by atoms with Crippen molar-refractivity contribution in [2.24, 2.45) is 0 Å². The maximum absolute atomic E-state index is 12.3. The Morgan fingerprint density at radius 2 is 1.71 bits per heavy atom. The lowest BCUT2D eigenvalue weighted by Gasteiger charge is -2.11. The average Bonchev–Trinajstić information content (AvgIpc) is 3.05. The number of halogens is 2. The van der Waals surface area contributed by atoms with E-state index >= 15 is 0 Å². The van der Waals surface area contributed by atoms with Gasteiger partial charge in [-0.15, -0.1) is 0 Å². The third kappa shape index (κ3) is 4.17. The van der Waals surface area contributed by atoms with Crippen molar-refractivity contribution in [3.8, 4) is 22.4 Å². The van der Waals surface area contributed by atoms with E-state index in [4.69, 9.17) is 27.6 Å². The van der Waals surface area contributed by atoms with Crippen LogP contribution in [-0.2, 0) is 14.6 Å². The minimum atomic E-state index is -3.77. The van der Waals surface area contributed by atoms with Crippen molar-refractivity contribution < 1.29 is 17.6 Å². The van der Waals surface area contributed by atoms with Gasteiger partial charge in [-0.1, -0.05) is 53.5 Å². The summed E-state index contributed by atoms with van der Waals surface area (Å²) in [6.45, 7) is 1.29. The summed E-state index contributed by atoms with van der Waals surface area (Å²) < 4.78 is 30.2. The molecule has 6 nitrogen and oxygen atoms in total. The van der Waals surface area contributed by atoms with Gasteiger partial charge in [-0.05, 0) is 29.8 Å². The quantitative estimate of drug-likeness (QED) is 0.401. The van der Waals surface area contributed by atoms with Crippen LogP contribution in [-0.4, -0.2) is 25.6 Å². The molecule has 1 N–H and O–H groups in total. The maximum atomic E-state index is 12.3. The molecule has 0 aliphatic heterocycles. The summed E-state index contributed by atoms with van der Waals surface area (Å²) in [4.78, 5) is 16.4. The van der Waals surface area contributed by atoms with Gasteiger partial charge in [-0.3, -0.25) is 4.79 Å². The second kappa shape index (κ2) is 8.00. The fraction of sp³-hybridized carbons (Fsp3) is 0.0909. The van der Waals surface area contributed by atoms with Gasteiger partial charge in [0.25, 0.3) is 0 Å². The van der Waals surface area contributed by atoms with Crippen LogP contribution in [0.4, 0.5) is 5.69 Å². The van der Waals surface area contributed by atoms with E-state index in [0.717, 1.165) is 11.8 Å². The maximum Gasteiger partial charge on any atom is 0.244 e. The average molecular weight is 475 g/mol. The number of amides is 1. The van der Waals surface area contributed by atoms with E-state index in [-0.39, 0.29) is 16.5 Å². The second-order valence-electron chi connectivity index (χ2n) is 6.94. The van der Waals surface area contributed by atoms with Crippen molar-refractivity contribution >= 4 is 55.7 Å². The molecule has 0 spiro atoms. The molecule has 2 heterocycles. The third-order valence-electron chi connectivity index (χ3n) is 4.57. The zero-order chi connectivity index (χ0) is 22.3. The number of hydrogen-bond acceptors (Lipinski definition) is 5. The summed E-state index contributed by atoms with van der Waals surface area (Å²) in [5, 5.41) is 3.60. The summed E-state index contributed by atoms with van der Waals surface area (Å²) in [5.74, 6) is -0.434. The van der Waals surface area contributed by atoms with Crippen molar-refractivity contribution in [2.45, 2.75) is 12.0 Å². The van der Waals surface area contributed by atoms with Crippen LogP contribution in [0.3, 0.4) is 0 Å². The number of rotatable bonds is 4. The molecule has 4 rings (SSSR count). The number of hydrogen-bond donors (Lipinski definition) is 1. The molecule has 0 bridgehead atoms. The molecule has 9 heteroatoms. The van der Waals surface area contributed by atoms with Gasteiger partial charge in [0, 0.05) is 34.4 Å². The summed E-state index contributed by atoms with van der Waals surface area (Å²) in [6, 6.07) is 16.0. The van der Waals surface area contributed by atoms with E-state index in [1.165, 1.54) is 6.92 Å². The summed E-state index contributed by atoms with van der Waals surface area (Å²) in [7, 11) is -3.77. The fourth-order valence-corrected chi connectivity index (χ4v) is 4.38. The van der Waals surface area contributed by atoms with Crippen LogP contribution in [0.1, 0.15) is 6.92 Å². The molecule has 0 fully saturated rings. The van der Waals surface area contributed by atoms with Gasteiger partial charge in [0.2, 0.25) is 26.6 Å². The van der Waals surface area contributed by atoms with Gasteiger partial charge < -0.3 is 9.73 Å². The van der Waals surface area contributed by atoms with Gasteiger partial charge in [-0.25, -0.2) is 13.4 Å². The highest BCUT2D eigenvalue weighted by molar-refractivity contribution is 7.90. The van der Waals surface area contributed by atoms with Gasteiger partial charge in [0.05, 0.1) is 11.1 Å². The molecule has 0 radical (unpaired) electrons. The van der Waals surface area contributed by atoms with Crippen LogP contribution in [0, 0.1) is 0 Å². The number of sulfone groups is 1. The monoisotopic (exact) mass is 474 g/mol. The van der Waals surface area contributed by atoms with E-state index in [9.17, 15) is 13.2 Å². The number of furan rings is 1. The highest BCUT2D eigenvalue weighted by Crippen LogP contribution is 2.41. The van der Waals surface area contributed by atoms with Crippen molar-refractivity contribution in [1.82, 2.24) is 4.98 Å². The van der Waals surface area contributed by atoms with E-state index in [2.05, 4.69) is 10.3 Å². The molecule has 0 atom stereocenters. The first-order chi connectivity index (χ1) is 14.6. The van der Waals surface area contributed by atoms with Crippen molar-refractivity contribution in [3.05, 3.63) is 64.6 Å². The zero-order valence-corrected chi connectivity index (χ0v) is 18.8. The number of nitrogens with zero attached hydrogens (tertiary/aromatic N) is 1. The number of benzene rings is 2. The number of carbonyl (C=O) groups is 1. The van der Waals surface area contributed by atoms with Crippen molar-refractivity contribution in [2.75, 3.05) is 11.6 Å². The van der Waals surface area contributed by atoms with Crippen LogP contribution in [0.5, 0.6) is 0 Å². The first kappa shape index (κ1) is 21.4. The SMILES string of the molecule is CC(=O)Nc1c(S(C)(=O)=O)oc2nc(-c3ccccc3Cl)c(-c3ccc(Cl)cc3)cc12. The lowest BCUT2D eigenvalue weighted by atomic mass is 9.98. The van der Waals surface area contributed by atoms with Gasteiger partial charge in [-0.2, -0.15) is 0 Å². The number of nitrogens with one attached hydrogen (secondary N) is 1. The zero-order valence-electron chi connectivity index (χ0n) is 16.4. The minimum Gasteiger partial charge on any atom is -0.424 e. The van der Waals surface area contributed by atoms with Crippen LogP contribution >= 0.6 is 23.2 Å². The Bertz CT molecular complexity index is 1430. The fourth-order valence-electron chi connectivity index (χ4n) is 3.27. The largest absolute Gasteiger partial charge is 0.424 e. The summed E-state index contributed by atoms with van der Waals surface area (Å²) in [5.41, 5.74) is 2.72. The second-order valence-corrected chi connectivity index (χ2v) is 9.70. The molecule has 158 valence electrons. The molecule has 0 aliphatic carbocycles. The first-order valence-electron chi connectivity index (χ1n) is 9.11. The molecule has 2 aromatic heterocycles. The summed E-state index contributed by atoms with van der Waals surface area (Å²) in [6.07, 6.45) is 1.01. The Balaban J connectivity index is 2.11. The number of aromatic nitrogens is 1. The first-order valence-corrected chi connectivity index (χ1v) is 11.8. The molecular formula is C22H16Cl2N2O4S. The molecule has 0 saturated carbocycles. The molecule has 0 aliphatic rings. The van der Waals surface area contributed by atoms with Crippen LogP contribution < -0.4 is 5.32 Å². The highest BCUT2D eigenvalue weighted by atomic mass is 35.5. The highest BCUT2D eigenvalue weighted by Gasteiger charge is 2.26. The standard InChI is InChI=1S/C22H16Cl2N2O4S/c1-12(27)25-20-17-11-16(13-7-9-14(23)10-8-13)19(15-5-3-4-6-18(15)24)26-21(17)30-22(20)31(2,28)29/h3-11H,1-2H3,(H,25,27). The molecule has 1 amide bonds. The van der Waals surface area contributed by atoms with Crippen LogP contribution in [0.25, 0.3) is 33.5 Å². The van der Waals surface area contributed by atoms with Crippen LogP contribution in [0.15, 0.2) is 64.1 Å². The van der Waals surface area contributed by atoms with Crippen molar-refractivity contribution in [3.63, 3.8) is 0 Å². The molecule has 31 heavy (non-hydrogen) atoms. The van der Waals surface area contributed by atoms with E-state index in [1.807, 2.05) is 24.3 Å². The van der Waals surface area contributed by atoms with Crippen LogP contribution in [0.2, 0.25) is 10.0 Å². The predicted octanol–water partition coefficient (Wildman–Crippen LogP) is 5.83. The minimum absolute atomic E-state index is 0.0541. The van der Waals surface area contributed by atoms with Gasteiger partial charge in [0.1, 0.15) is 5.69 Å².